The van der Waals surface area contributed by atoms with E-state index in [2.05, 4.69) is 30.9 Å². The summed E-state index contributed by atoms with van der Waals surface area (Å²) in [5, 5.41) is 3.25. The van der Waals surface area contributed by atoms with Crippen molar-refractivity contribution in [2.45, 2.75) is 23.4 Å². The van der Waals surface area contributed by atoms with Crippen molar-refractivity contribution in [3.05, 3.63) is 42.4 Å². The van der Waals surface area contributed by atoms with Crippen LogP contribution in [-0.2, 0) is 6.54 Å². The average molecular weight is 345 g/mol. The molecule has 1 N–H and O–H groups in total. The normalized spacial score (nSPS) is 18.5. The van der Waals surface area contributed by atoms with Crippen molar-refractivity contribution in [1.29, 1.82) is 0 Å². The van der Waals surface area contributed by atoms with Crippen molar-refractivity contribution in [2.24, 2.45) is 0 Å². The molecule has 0 bridgehead atoms. The summed E-state index contributed by atoms with van der Waals surface area (Å²) in [5.74, 6) is 1.71. The predicted molar refractivity (Wildman–Crippen MR) is 87.2 cm³/mol. The quantitative estimate of drug-likeness (QED) is 0.840. The zero-order valence-electron chi connectivity index (χ0n) is 12.2. The number of rotatable bonds is 5. The SMILES string of the molecule is C[AsH][C@H]1CCN(c2ccnc(NCc3ccccn3)n2)C1. The first-order valence-electron chi connectivity index (χ1n) is 7.24. The first-order valence-corrected chi connectivity index (χ1v) is 10.5. The van der Waals surface area contributed by atoms with Gasteiger partial charge in [-0.15, -0.1) is 0 Å². The third-order valence-electron chi connectivity index (χ3n) is 3.72. The Bertz CT molecular complexity index is 577. The second-order valence-electron chi connectivity index (χ2n) is 5.13. The van der Waals surface area contributed by atoms with Gasteiger partial charge in [0.25, 0.3) is 0 Å². The van der Waals surface area contributed by atoms with Gasteiger partial charge in [0.2, 0.25) is 0 Å². The van der Waals surface area contributed by atoms with Gasteiger partial charge in [-0.05, 0) is 0 Å². The maximum absolute atomic E-state index is 4.63. The molecule has 0 amide bonds. The molecule has 1 fully saturated rings. The van der Waals surface area contributed by atoms with Crippen LogP contribution in [0.5, 0.6) is 0 Å². The van der Waals surface area contributed by atoms with Crippen LogP contribution in [0.1, 0.15) is 12.1 Å². The van der Waals surface area contributed by atoms with Crippen LogP contribution in [0.15, 0.2) is 36.7 Å². The van der Waals surface area contributed by atoms with Gasteiger partial charge in [-0.3, -0.25) is 0 Å². The second kappa shape index (κ2) is 6.90. The van der Waals surface area contributed by atoms with Crippen molar-refractivity contribution in [1.82, 2.24) is 15.0 Å². The average Bonchev–Trinajstić information content (AvgIpc) is 3.03. The molecule has 21 heavy (non-hydrogen) atoms. The Balaban J connectivity index is 1.63. The molecule has 0 radical (unpaired) electrons. The zero-order chi connectivity index (χ0) is 14.5. The van der Waals surface area contributed by atoms with Gasteiger partial charge in [-0.1, -0.05) is 0 Å². The summed E-state index contributed by atoms with van der Waals surface area (Å²) < 4.78 is 0.921. The molecule has 1 saturated heterocycles. The maximum atomic E-state index is 4.63. The summed E-state index contributed by atoms with van der Waals surface area (Å²) in [6.07, 6.45) is 4.95. The Morgan fingerprint density at radius 2 is 2.24 bits per heavy atom. The van der Waals surface area contributed by atoms with E-state index in [-0.39, 0.29) is 15.8 Å². The molecule has 0 saturated carbocycles. The van der Waals surface area contributed by atoms with Crippen LogP contribution in [0.4, 0.5) is 11.8 Å². The number of hydrogen-bond donors (Lipinski definition) is 1. The van der Waals surface area contributed by atoms with Crippen LogP contribution >= 0.6 is 0 Å². The van der Waals surface area contributed by atoms with E-state index in [4.69, 9.17) is 0 Å². The number of pyridine rings is 1. The summed E-state index contributed by atoms with van der Waals surface area (Å²) in [6, 6.07) is 7.90. The van der Waals surface area contributed by atoms with E-state index in [0.717, 1.165) is 29.3 Å². The van der Waals surface area contributed by atoms with Gasteiger partial charge in [0.1, 0.15) is 0 Å². The van der Waals surface area contributed by atoms with E-state index in [1.54, 1.807) is 6.20 Å². The van der Waals surface area contributed by atoms with E-state index in [1.807, 2.05) is 30.5 Å². The molecule has 0 spiro atoms. The van der Waals surface area contributed by atoms with Crippen molar-refractivity contribution in [2.75, 3.05) is 23.3 Å². The van der Waals surface area contributed by atoms with Gasteiger partial charge in [-0.2, -0.15) is 0 Å². The number of anilines is 2. The molecule has 3 heterocycles. The monoisotopic (exact) mass is 345 g/mol. The van der Waals surface area contributed by atoms with Crippen LogP contribution in [-0.4, -0.2) is 43.8 Å². The molecular formula is C15H20AsN5. The molecule has 6 heteroatoms. The number of nitrogens with one attached hydrogen (secondary N) is 1. The molecule has 1 unspecified atom stereocenters. The molecule has 110 valence electrons. The van der Waals surface area contributed by atoms with Gasteiger partial charge < -0.3 is 0 Å². The van der Waals surface area contributed by atoms with Crippen molar-refractivity contribution in [3.63, 3.8) is 0 Å². The Morgan fingerprint density at radius 3 is 3.00 bits per heavy atom. The van der Waals surface area contributed by atoms with E-state index in [9.17, 15) is 0 Å². The Hall–Kier alpha value is -1.61. The van der Waals surface area contributed by atoms with Crippen LogP contribution in [0.25, 0.3) is 0 Å². The Morgan fingerprint density at radius 1 is 1.29 bits per heavy atom. The molecule has 1 aliphatic rings. The molecular weight excluding hydrogens is 325 g/mol. The van der Waals surface area contributed by atoms with Gasteiger partial charge in [0.05, 0.1) is 0 Å². The van der Waals surface area contributed by atoms with Crippen molar-refractivity contribution < 1.29 is 0 Å². The Labute approximate surface area is 131 Å². The molecule has 3 rings (SSSR count). The summed E-state index contributed by atoms with van der Waals surface area (Å²) in [5.41, 5.74) is 3.37. The molecule has 2 aromatic heterocycles. The molecule has 2 atom stereocenters. The molecule has 0 aromatic carbocycles. The fraction of sp³-hybridized carbons (Fsp3) is 0.400. The van der Waals surface area contributed by atoms with E-state index in [1.165, 1.54) is 6.42 Å². The first-order chi connectivity index (χ1) is 10.3. The second-order valence-corrected chi connectivity index (χ2v) is 8.06. The third kappa shape index (κ3) is 3.73. The van der Waals surface area contributed by atoms with Crippen LogP contribution in [0.2, 0.25) is 10.4 Å². The van der Waals surface area contributed by atoms with Gasteiger partial charge >= 0.3 is 132 Å². The van der Waals surface area contributed by atoms with Crippen LogP contribution in [0.3, 0.4) is 0 Å². The zero-order valence-corrected chi connectivity index (χ0v) is 14.3. The third-order valence-corrected chi connectivity index (χ3v) is 6.42. The van der Waals surface area contributed by atoms with Crippen LogP contribution in [0, 0.1) is 0 Å². The van der Waals surface area contributed by atoms with Crippen molar-refractivity contribution in [3.8, 4) is 0 Å². The van der Waals surface area contributed by atoms with Gasteiger partial charge in [-0.25, -0.2) is 0 Å². The van der Waals surface area contributed by atoms with Gasteiger partial charge in [0, 0.05) is 0 Å². The standard InChI is InChI=1S/C15H20AsN5/c1-16-12-6-9-21(11-12)14-5-8-18-15(20-14)19-10-13-4-2-3-7-17-13/h2-5,7-8,12,16H,6,9-11H2,1H3,(H,18,19,20)/t12-/m0/s1. The number of nitrogens with zero attached hydrogens (tertiary/aromatic N) is 4. The minimum atomic E-state index is 0.206. The minimum absolute atomic E-state index is 0.206. The first kappa shape index (κ1) is 14.3. The summed E-state index contributed by atoms with van der Waals surface area (Å²) in [6.45, 7) is 2.93. The van der Waals surface area contributed by atoms with Crippen LogP contribution < -0.4 is 10.2 Å². The van der Waals surface area contributed by atoms with E-state index in [0.29, 0.717) is 12.5 Å². The number of aromatic nitrogens is 3. The molecule has 5 nitrogen and oxygen atoms in total. The molecule has 0 aliphatic carbocycles. The fourth-order valence-electron chi connectivity index (χ4n) is 2.49. The number of hydrogen-bond acceptors (Lipinski definition) is 5. The molecule has 2 aromatic rings. The van der Waals surface area contributed by atoms with E-state index < -0.39 is 0 Å². The fourth-order valence-corrected chi connectivity index (χ4v) is 4.21. The summed E-state index contributed by atoms with van der Waals surface area (Å²) >= 11 is 0.206. The molecule has 1 aliphatic heterocycles. The van der Waals surface area contributed by atoms with Gasteiger partial charge in [0.15, 0.2) is 0 Å². The summed E-state index contributed by atoms with van der Waals surface area (Å²) in [7, 11) is 0. The summed E-state index contributed by atoms with van der Waals surface area (Å²) in [4.78, 5) is 15.6. The van der Waals surface area contributed by atoms with E-state index >= 15 is 0 Å². The van der Waals surface area contributed by atoms with Crippen molar-refractivity contribution >= 4 is 27.5 Å². The topological polar surface area (TPSA) is 53.9 Å². The predicted octanol–water partition coefficient (Wildman–Crippen LogP) is 1.97. The Kier molecular flexibility index (Phi) is 4.71.